The van der Waals surface area contributed by atoms with E-state index in [2.05, 4.69) is 4.98 Å². The maximum Gasteiger partial charge on any atom is 0.196 e. The third kappa shape index (κ3) is 1.27. The van der Waals surface area contributed by atoms with Crippen molar-refractivity contribution in [2.24, 2.45) is 0 Å². The molecule has 0 unspecified atom stereocenters. The normalized spacial score (nSPS) is 10.8. The van der Waals surface area contributed by atoms with Crippen LogP contribution in [0.15, 0.2) is 54.6 Å². The molecule has 2 nitrogen and oxygen atoms in total. The summed E-state index contributed by atoms with van der Waals surface area (Å²) < 4.78 is 0. The molecule has 0 bridgehead atoms. The monoisotopic (exact) mass is 209 g/mol. The van der Waals surface area contributed by atoms with E-state index in [1.165, 1.54) is 0 Å². The van der Waals surface area contributed by atoms with Gasteiger partial charge in [-0.25, -0.2) is 0 Å². The van der Waals surface area contributed by atoms with Crippen molar-refractivity contribution in [3.63, 3.8) is 0 Å². The summed E-state index contributed by atoms with van der Waals surface area (Å²) in [7, 11) is 0. The van der Waals surface area contributed by atoms with Crippen LogP contribution in [0.2, 0.25) is 0 Å². The Balaban J connectivity index is 2.33. The number of nitrogens with one attached hydrogen (secondary N) is 1. The van der Waals surface area contributed by atoms with Crippen molar-refractivity contribution in [1.82, 2.24) is 4.98 Å². The zero-order chi connectivity index (χ0) is 11.0. The predicted octanol–water partition coefficient (Wildman–Crippen LogP) is 3.54. The Labute approximate surface area is 93.2 Å². The Hall–Kier alpha value is -2.22. The van der Waals surface area contributed by atoms with Gasteiger partial charge >= 0.3 is 0 Å². The van der Waals surface area contributed by atoms with Gasteiger partial charge < -0.3 is 10.1 Å². The van der Waals surface area contributed by atoms with E-state index in [1.807, 2.05) is 54.6 Å². The molecule has 78 valence electrons. The van der Waals surface area contributed by atoms with E-state index in [1.54, 1.807) is 0 Å². The van der Waals surface area contributed by atoms with Crippen molar-refractivity contribution < 1.29 is 5.11 Å². The number of aromatic nitrogens is 1. The molecule has 0 spiro atoms. The molecule has 1 aromatic heterocycles. The van der Waals surface area contributed by atoms with Crippen molar-refractivity contribution >= 4 is 10.8 Å². The van der Waals surface area contributed by atoms with E-state index < -0.39 is 0 Å². The van der Waals surface area contributed by atoms with Crippen molar-refractivity contribution in [3.8, 4) is 17.1 Å². The van der Waals surface area contributed by atoms with Crippen LogP contribution in [-0.2, 0) is 0 Å². The van der Waals surface area contributed by atoms with Gasteiger partial charge in [0, 0.05) is 10.8 Å². The lowest BCUT2D eigenvalue weighted by Crippen LogP contribution is -1.76. The number of hydrogen-bond acceptors (Lipinski definition) is 1. The van der Waals surface area contributed by atoms with Crippen molar-refractivity contribution in [2.45, 2.75) is 0 Å². The first kappa shape index (κ1) is 9.04. The summed E-state index contributed by atoms with van der Waals surface area (Å²) in [6, 6.07) is 17.8. The standard InChI is InChI=1S/C14H11NO/c16-14-12-9-5-4-8-11(12)13(15-14)10-6-2-1-3-7-10/h1-9,15-16H. The van der Waals surface area contributed by atoms with Crippen LogP contribution in [0.25, 0.3) is 22.0 Å². The van der Waals surface area contributed by atoms with Crippen molar-refractivity contribution in [1.29, 1.82) is 0 Å². The number of H-pyrrole nitrogens is 1. The molecule has 0 radical (unpaired) electrons. The number of benzene rings is 2. The lowest BCUT2D eigenvalue weighted by atomic mass is 10.1. The number of rotatable bonds is 1. The second kappa shape index (κ2) is 3.42. The van der Waals surface area contributed by atoms with E-state index in [-0.39, 0.29) is 5.88 Å². The van der Waals surface area contributed by atoms with E-state index in [9.17, 15) is 5.11 Å². The molecular weight excluding hydrogens is 198 g/mol. The Bertz CT molecular complexity index is 626. The Morgan fingerprint density at radius 1 is 0.750 bits per heavy atom. The van der Waals surface area contributed by atoms with Crippen LogP contribution in [0.1, 0.15) is 0 Å². The van der Waals surface area contributed by atoms with Gasteiger partial charge in [-0.15, -0.1) is 0 Å². The maximum atomic E-state index is 9.80. The minimum atomic E-state index is 0.231. The average Bonchev–Trinajstić information content (AvgIpc) is 2.69. The highest BCUT2D eigenvalue weighted by atomic mass is 16.3. The van der Waals surface area contributed by atoms with Crippen LogP contribution >= 0.6 is 0 Å². The van der Waals surface area contributed by atoms with Gasteiger partial charge in [0.25, 0.3) is 0 Å². The molecule has 0 aliphatic heterocycles. The first-order valence-corrected chi connectivity index (χ1v) is 5.21. The Morgan fingerprint density at radius 2 is 1.38 bits per heavy atom. The van der Waals surface area contributed by atoms with Crippen molar-refractivity contribution in [2.75, 3.05) is 0 Å². The molecule has 3 aromatic rings. The minimum absolute atomic E-state index is 0.231. The quantitative estimate of drug-likeness (QED) is 0.631. The highest BCUT2D eigenvalue weighted by Gasteiger charge is 2.09. The summed E-state index contributed by atoms with van der Waals surface area (Å²) in [5.41, 5.74) is 2.05. The van der Waals surface area contributed by atoms with Crippen LogP contribution in [0.4, 0.5) is 0 Å². The van der Waals surface area contributed by atoms with E-state index in [0.29, 0.717) is 0 Å². The van der Waals surface area contributed by atoms with Gasteiger partial charge in [0.1, 0.15) is 0 Å². The van der Waals surface area contributed by atoms with Gasteiger partial charge in [-0.3, -0.25) is 0 Å². The fourth-order valence-electron chi connectivity index (χ4n) is 1.99. The fraction of sp³-hybridized carbons (Fsp3) is 0. The number of hydrogen-bond donors (Lipinski definition) is 2. The van der Waals surface area contributed by atoms with E-state index in [0.717, 1.165) is 22.0 Å². The largest absolute Gasteiger partial charge is 0.494 e. The molecule has 16 heavy (non-hydrogen) atoms. The third-order valence-electron chi connectivity index (χ3n) is 2.76. The molecule has 0 saturated heterocycles. The van der Waals surface area contributed by atoms with Gasteiger partial charge in [0.05, 0.1) is 5.69 Å². The zero-order valence-electron chi connectivity index (χ0n) is 8.64. The second-order valence-corrected chi connectivity index (χ2v) is 3.76. The minimum Gasteiger partial charge on any atom is -0.494 e. The molecule has 2 aromatic carbocycles. The molecule has 0 fully saturated rings. The van der Waals surface area contributed by atoms with Gasteiger partial charge in [-0.2, -0.15) is 0 Å². The Kier molecular flexibility index (Phi) is 1.93. The lowest BCUT2D eigenvalue weighted by molar-refractivity contribution is 0.463. The molecule has 0 aliphatic carbocycles. The maximum absolute atomic E-state index is 9.80. The molecule has 0 saturated carbocycles. The summed E-state index contributed by atoms with van der Waals surface area (Å²) in [4.78, 5) is 3.02. The number of aromatic amines is 1. The lowest BCUT2D eigenvalue weighted by Gasteiger charge is -1.98. The number of fused-ring (bicyclic) bond motifs is 1. The molecule has 2 N–H and O–H groups in total. The summed E-state index contributed by atoms with van der Waals surface area (Å²) in [6.07, 6.45) is 0. The topological polar surface area (TPSA) is 36.0 Å². The molecule has 1 heterocycles. The first-order chi connectivity index (χ1) is 7.86. The summed E-state index contributed by atoms with van der Waals surface area (Å²) in [5.74, 6) is 0.231. The van der Waals surface area contributed by atoms with Gasteiger partial charge in [-0.05, 0) is 11.6 Å². The van der Waals surface area contributed by atoms with Crippen LogP contribution < -0.4 is 0 Å². The zero-order valence-corrected chi connectivity index (χ0v) is 8.64. The molecule has 0 aliphatic rings. The van der Waals surface area contributed by atoms with Gasteiger partial charge in [0.2, 0.25) is 0 Å². The predicted molar refractivity (Wildman–Crippen MR) is 65.4 cm³/mol. The highest BCUT2D eigenvalue weighted by molar-refractivity contribution is 5.99. The van der Waals surface area contributed by atoms with E-state index in [4.69, 9.17) is 0 Å². The summed E-state index contributed by atoms with van der Waals surface area (Å²) in [6.45, 7) is 0. The molecule has 3 rings (SSSR count). The van der Waals surface area contributed by atoms with Gasteiger partial charge in [0.15, 0.2) is 5.88 Å². The molecule has 0 atom stereocenters. The van der Waals surface area contributed by atoms with E-state index >= 15 is 0 Å². The van der Waals surface area contributed by atoms with Crippen molar-refractivity contribution in [3.05, 3.63) is 54.6 Å². The highest BCUT2D eigenvalue weighted by Crippen LogP contribution is 2.33. The van der Waals surface area contributed by atoms with Crippen LogP contribution in [0, 0.1) is 0 Å². The molecule has 2 heteroatoms. The van der Waals surface area contributed by atoms with Crippen LogP contribution in [-0.4, -0.2) is 10.1 Å². The first-order valence-electron chi connectivity index (χ1n) is 5.21. The van der Waals surface area contributed by atoms with Gasteiger partial charge in [-0.1, -0.05) is 48.5 Å². The fourth-order valence-corrected chi connectivity index (χ4v) is 1.99. The number of aromatic hydroxyl groups is 1. The molecule has 0 amide bonds. The SMILES string of the molecule is Oc1[nH]c(-c2ccccc2)c2ccccc12. The molecular formula is C14H11NO. The third-order valence-corrected chi connectivity index (χ3v) is 2.76. The Morgan fingerprint density at radius 3 is 2.12 bits per heavy atom. The smallest absolute Gasteiger partial charge is 0.196 e. The average molecular weight is 209 g/mol. The second-order valence-electron chi connectivity index (χ2n) is 3.76. The van der Waals surface area contributed by atoms with Crippen LogP contribution in [0.5, 0.6) is 5.88 Å². The summed E-state index contributed by atoms with van der Waals surface area (Å²) >= 11 is 0. The van der Waals surface area contributed by atoms with Crippen LogP contribution in [0.3, 0.4) is 0 Å². The summed E-state index contributed by atoms with van der Waals surface area (Å²) in [5, 5.41) is 11.7.